The van der Waals surface area contributed by atoms with Crippen LogP contribution in [-0.4, -0.2) is 4.98 Å². The second kappa shape index (κ2) is 5.26. The molecule has 0 saturated heterocycles. The highest BCUT2D eigenvalue weighted by atomic mass is 127. The Morgan fingerprint density at radius 1 is 1.12 bits per heavy atom. The van der Waals surface area contributed by atoms with Crippen LogP contribution in [0.2, 0.25) is 15.1 Å². The van der Waals surface area contributed by atoms with Crippen LogP contribution in [0, 0.1) is 9.52 Å². The summed E-state index contributed by atoms with van der Waals surface area (Å²) in [6.45, 7) is 0. The first-order valence-corrected chi connectivity index (χ1v) is 6.66. The average Bonchev–Trinajstić information content (AvgIpc) is 2.27. The Hall–Kier alpha value is -0.100. The molecule has 0 bridgehead atoms. The topological polar surface area (TPSA) is 12.9 Å². The lowest BCUT2D eigenvalue weighted by molar-refractivity contribution is 0.576. The molecule has 1 heterocycles. The maximum Gasteiger partial charge on any atom is 0.226 e. The zero-order valence-corrected chi connectivity index (χ0v) is 12.6. The number of aromatic nitrogens is 1. The van der Waals surface area contributed by atoms with E-state index < -0.39 is 5.95 Å². The molecule has 0 fully saturated rings. The van der Waals surface area contributed by atoms with Gasteiger partial charge in [0.05, 0.1) is 13.6 Å². The van der Waals surface area contributed by atoms with Crippen LogP contribution in [0.25, 0.3) is 11.1 Å². The highest BCUT2D eigenvalue weighted by Gasteiger charge is 2.11. The molecule has 1 aromatic heterocycles. The fourth-order valence-corrected chi connectivity index (χ4v) is 2.52. The molecule has 0 amide bonds. The van der Waals surface area contributed by atoms with Gasteiger partial charge < -0.3 is 0 Å². The minimum Gasteiger partial charge on any atom is -0.227 e. The second-order valence-electron chi connectivity index (χ2n) is 3.25. The third kappa shape index (κ3) is 2.84. The Balaban J connectivity index is 2.64. The largest absolute Gasteiger partial charge is 0.227 e. The van der Waals surface area contributed by atoms with Crippen molar-refractivity contribution in [3.05, 3.63) is 49.0 Å². The average molecular weight is 402 g/mol. The summed E-state index contributed by atoms with van der Waals surface area (Å²) < 4.78 is 13.5. The molecule has 6 heteroatoms. The maximum absolute atomic E-state index is 13.1. The number of nitrogens with zero attached hydrogens (tertiary/aromatic N) is 1. The Morgan fingerprint density at radius 3 is 2.47 bits per heavy atom. The van der Waals surface area contributed by atoms with E-state index in [4.69, 9.17) is 34.8 Å². The van der Waals surface area contributed by atoms with E-state index in [0.29, 0.717) is 29.8 Å². The molecule has 0 aliphatic rings. The smallest absolute Gasteiger partial charge is 0.226 e. The van der Waals surface area contributed by atoms with Crippen LogP contribution in [0.4, 0.5) is 4.39 Å². The van der Waals surface area contributed by atoms with Crippen LogP contribution in [-0.2, 0) is 0 Å². The van der Waals surface area contributed by atoms with Gasteiger partial charge in [-0.05, 0) is 40.8 Å². The summed E-state index contributed by atoms with van der Waals surface area (Å²) in [5.74, 6) is -0.515. The Morgan fingerprint density at radius 2 is 1.82 bits per heavy atom. The molecular weight excluding hydrogens is 398 g/mol. The Bertz CT molecular complexity index is 589. The van der Waals surface area contributed by atoms with E-state index in [1.807, 2.05) is 22.6 Å². The molecule has 0 unspecified atom stereocenters. The minimum absolute atomic E-state index is 0.355. The van der Waals surface area contributed by atoms with Gasteiger partial charge in [0.15, 0.2) is 0 Å². The first-order chi connectivity index (χ1) is 7.99. The fourth-order valence-electron chi connectivity index (χ4n) is 1.33. The lowest BCUT2D eigenvalue weighted by atomic mass is 10.1. The van der Waals surface area contributed by atoms with Crippen molar-refractivity contribution < 1.29 is 4.39 Å². The van der Waals surface area contributed by atoms with E-state index in [1.165, 1.54) is 6.20 Å². The predicted octanol–water partition coefficient (Wildman–Crippen LogP) is 5.45. The molecule has 2 rings (SSSR count). The van der Waals surface area contributed by atoms with Gasteiger partial charge in [-0.15, -0.1) is 0 Å². The van der Waals surface area contributed by atoms with Gasteiger partial charge in [-0.25, -0.2) is 4.98 Å². The minimum atomic E-state index is -0.515. The van der Waals surface area contributed by atoms with E-state index >= 15 is 0 Å². The zero-order valence-electron chi connectivity index (χ0n) is 8.15. The number of benzene rings is 1. The van der Waals surface area contributed by atoms with E-state index in [-0.39, 0.29) is 0 Å². The number of hydrogen-bond donors (Lipinski definition) is 0. The summed E-state index contributed by atoms with van der Waals surface area (Å²) in [4.78, 5) is 3.64. The molecule has 0 N–H and O–H groups in total. The van der Waals surface area contributed by atoms with Crippen LogP contribution >= 0.6 is 57.4 Å². The molecule has 0 atom stereocenters. The van der Waals surface area contributed by atoms with Gasteiger partial charge in [0.25, 0.3) is 0 Å². The molecule has 0 saturated carbocycles. The standard InChI is InChI=1S/C11H4Cl3FIN/c12-6-2-7(10(14)8(13)3-6)5-1-9(16)11(15)17-4-5/h1-4H. The van der Waals surface area contributed by atoms with Gasteiger partial charge in [0.1, 0.15) is 0 Å². The van der Waals surface area contributed by atoms with Gasteiger partial charge in [-0.1, -0.05) is 34.8 Å². The summed E-state index contributed by atoms with van der Waals surface area (Å²) >= 11 is 19.8. The number of hydrogen-bond acceptors (Lipinski definition) is 1. The third-order valence-corrected chi connectivity index (χ3v) is 3.88. The van der Waals surface area contributed by atoms with E-state index in [0.717, 1.165) is 0 Å². The molecule has 0 aliphatic carbocycles. The lowest BCUT2D eigenvalue weighted by Gasteiger charge is -2.07. The zero-order chi connectivity index (χ0) is 12.6. The molecule has 88 valence electrons. The lowest BCUT2D eigenvalue weighted by Crippen LogP contribution is -1.90. The quantitative estimate of drug-likeness (QED) is 0.351. The summed E-state index contributed by atoms with van der Waals surface area (Å²) in [7, 11) is 0. The normalized spacial score (nSPS) is 10.6. The summed E-state index contributed by atoms with van der Waals surface area (Å²) in [5.41, 5.74) is 1.31. The summed E-state index contributed by atoms with van der Waals surface area (Å²) in [6, 6.07) is 4.86. The number of rotatable bonds is 1. The SMILES string of the molecule is Fc1ncc(-c2cc(Cl)cc(Cl)c2Cl)cc1I. The second-order valence-corrected chi connectivity index (χ2v) is 5.63. The van der Waals surface area contributed by atoms with Crippen LogP contribution < -0.4 is 0 Å². The van der Waals surface area contributed by atoms with Crippen molar-refractivity contribution in [2.24, 2.45) is 0 Å². The van der Waals surface area contributed by atoms with Crippen LogP contribution in [0.15, 0.2) is 24.4 Å². The summed E-state index contributed by atoms with van der Waals surface area (Å²) in [5, 5.41) is 1.20. The molecule has 0 aliphatic heterocycles. The van der Waals surface area contributed by atoms with Crippen molar-refractivity contribution >= 4 is 57.4 Å². The molecule has 0 radical (unpaired) electrons. The Kier molecular flexibility index (Phi) is 4.13. The van der Waals surface area contributed by atoms with Crippen molar-refractivity contribution in [3.63, 3.8) is 0 Å². The number of halogens is 5. The van der Waals surface area contributed by atoms with Gasteiger partial charge in [-0.2, -0.15) is 4.39 Å². The molecule has 17 heavy (non-hydrogen) atoms. The first-order valence-electron chi connectivity index (χ1n) is 4.45. The van der Waals surface area contributed by atoms with Crippen LogP contribution in [0.3, 0.4) is 0 Å². The molecule has 0 spiro atoms. The van der Waals surface area contributed by atoms with Crippen LogP contribution in [0.5, 0.6) is 0 Å². The van der Waals surface area contributed by atoms with Crippen molar-refractivity contribution in [1.82, 2.24) is 4.98 Å². The molecule has 2 aromatic rings. The van der Waals surface area contributed by atoms with Crippen LogP contribution in [0.1, 0.15) is 0 Å². The van der Waals surface area contributed by atoms with Crippen molar-refractivity contribution in [2.45, 2.75) is 0 Å². The van der Waals surface area contributed by atoms with Crippen molar-refractivity contribution in [2.75, 3.05) is 0 Å². The highest BCUT2D eigenvalue weighted by Crippen LogP contribution is 2.36. The molecule has 1 nitrogen and oxygen atoms in total. The van der Waals surface area contributed by atoms with Gasteiger partial charge in [0, 0.05) is 22.3 Å². The monoisotopic (exact) mass is 401 g/mol. The fraction of sp³-hybridized carbons (Fsp3) is 0. The highest BCUT2D eigenvalue weighted by molar-refractivity contribution is 14.1. The van der Waals surface area contributed by atoms with Crippen molar-refractivity contribution in [3.8, 4) is 11.1 Å². The van der Waals surface area contributed by atoms with E-state index in [2.05, 4.69) is 4.98 Å². The summed E-state index contributed by atoms with van der Waals surface area (Å²) in [6.07, 6.45) is 1.39. The molecular formula is C11H4Cl3FIN. The Labute approximate surface area is 126 Å². The maximum atomic E-state index is 13.1. The third-order valence-electron chi connectivity index (χ3n) is 2.10. The van der Waals surface area contributed by atoms with E-state index in [9.17, 15) is 4.39 Å². The number of pyridine rings is 1. The van der Waals surface area contributed by atoms with Crippen molar-refractivity contribution in [1.29, 1.82) is 0 Å². The van der Waals surface area contributed by atoms with Gasteiger partial charge in [-0.3, -0.25) is 0 Å². The predicted molar refractivity (Wildman–Crippen MR) is 77.4 cm³/mol. The van der Waals surface area contributed by atoms with Gasteiger partial charge in [0.2, 0.25) is 5.95 Å². The molecule has 1 aromatic carbocycles. The van der Waals surface area contributed by atoms with Gasteiger partial charge >= 0.3 is 0 Å². The first kappa shape index (κ1) is 13.3. The van der Waals surface area contributed by atoms with E-state index in [1.54, 1.807) is 18.2 Å².